The van der Waals surface area contributed by atoms with Gasteiger partial charge in [-0.2, -0.15) is 0 Å². The predicted octanol–water partition coefficient (Wildman–Crippen LogP) is 5.41. The molecule has 0 saturated heterocycles. The van der Waals surface area contributed by atoms with Gasteiger partial charge in [-0.3, -0.25) is 0 Å². The first kappa shape index (κ1) is 12.6. The Morgan fingerprint density at radius 2 is 1.28 bits per heavy atom. The first-order valence-electron chi connectivity index (χ1n) is 6.34. The van der Waals surface area contributed by atoms with E-state index in [9.17, 15) is 0 Å². The molecule has 0 aromatic heterocycles. The molecule has 0 aliphatic heterocycles. The van der Waals surface area contributed by atoms with Crippen molar-refractivity contribution in [1.29, 1.82) is 0 Å². The van der Waals surface area contributed by atoms with E-state index in [1.165, 1.54) is 22.3 Å². The third-order valence-electron chi connectivity index (χ3n) is 3.25. The molecule has 2 aromatic carbocycles. The molecule has 18 heavy (non-hydrogen) atoms. The molecule has 2 rings (SSSR count). The van der Waals surface area contributed by atoms with Crippen LogP contribution >= 0.6 is 0 Å². The lowest BCUT2D eigenvalue weighted by atomic mass is 9.83. The molecule has 92 valence electrons. The van der Waals surface area contributed by atoms with E-state index in [2.05, 4.69) is 75.9 Å². The molecule has 0 heterocycles. The summed E-state index contributed by atoms with van der Waals surface area (Å²) in [5, 5.41) is 0. The summed E-state index contributed by atoms with van der Waals surface area (Å²) in [4.78, 5) is 0. The summed E-state index contributed by atoms with van der Waals surface area (Å²) in [5.74, 6) is 0. The number of benzene rings is 2. The molecule has 0 amide bonds. The Hall–Kier alpha value is -1.82. The number of hydrogen-bond acceptors (Lipinski definition) is 0. The Kier molecular flexibility index (Phi) is 3.38. The van der Waals surface area contributed by atoms with Crippen LogP contribution in [0.3, 0.4) is 0 Å². The standard InChI is InChI=1S/C18H20/c1-14(18(2,3)4)15-10-12-17(13-11-15)16-8-6-5-7-9-16/h5-13H,1H2,2-4H3. The van der Waals surface area contributed by atoms with Gasteiger partial charge in [-0.05, 0) is 27.7 Å². The molecule has 0 unspecified atom stereocenters. The van der Waals surface area contributed by atoms with Crippen LogP contribution in [0.1, 0.15) is 26.3 Å². The van der Waals surface area contributed by atoms with E-state index >= 15 is 0 Å². The van der Waals surface area contributed by atoms with E-state index in [0.29, 0.717) is 0 Å². The highest BCUT2D eigenvalue weighted by Gasteiger charge is 2.16. The fraction of sp³-hybridized carbons (Fsp3) is 0.222. The Labute approximate surface area is 110 Å². The summed E-state index contributed by atoms with van der Waals surface area (Å²) in [6, 6.07) is 19.1. The van der Waals surface area contributed by atoms with Gasteiger partial charge in [0, 0.05) is 0 Å². The highest BCUT2D eigenvalue weighted by Crippen LogP contribution is 2.33. The number of hydrogen-bond donors (Lipinski definition) is 0. The van der Waals surface area contributed by atoms with Crippen LogP contribution in [-0.2, 0) is 0 Å². The minimum Gasteiger partial charge on any atom is -0.0947 e. The van der Waals surface area contributed by atoms with Gasteiger partial charge < -0.3 is 0 Å². The summed E-state index contributed by atoms with van der Waals surface area (Å²) >= 11 is 0. The molecule has 0 saturated carbocycles. The van der Waals surface area contributed by atoms with Crippen LogP contribution in [0.4, 0.5) is 0 Å². The molecule has 0 atom stereocenters. The molecule has 0 fully saturated rings. The van der Waals surface area contributed by atoms with Crippen LogP contribution in [0.15, 0.2) is 61.2 Å². The highest BCUT2D eigenvalue weighted by molar-refractivity contribution is 5.71. The van der Waals surface area contributed by atoms with Gasteiger partial charge >= 0.3 is 0 Å². The van der Waals surface area contributed by atoms with E-state index < -0.39 is 0 Å². The molecular formula is C18H20. The van der Waals surface area contributed by atoms with Crippen molar-refractivity contribution in [3.8, 4) is 11.1 Å². The largest absolute Gasteiger partial charge is 0.0947 e. The Morgan fingerprint density at radius 1 is 0.778 bits per heavy atom. The number of allylic oxidation sites excluding steroid dienone is 1. The van der Waals surface area contributed by atoms with Crippen molar-refractivity contribution in [3.63, 3.8) is 0 Å². The maximum Gasteiger partial charge on any atom is -0.0132 e. The summed E-state index contributed by atoms with van der Waals surface area (Å²) in [7, 11) is 0. The van der Waals surface area contributed by atoms with Crippen molar-refractivity contribution in [3.05, 3.63) is 66.7 Å². The lowest BCUT2D eigenvalue weighted by Crippen LogP contribution is -2.06. The van der Waals surface area contributed by atoms with Gasteiger partial charge in [-0.1, -0.05) is 81.9 Å². The Balaban J connectivity index is 2.29. The molecule has 2 aromatic rings. The van der Waals surface area contributed by atoms with Crippen LogP contribution in [-0.4, -0.2) is 0 Å². The normalized spacial score (nSPS) is 11.3. The van der Waals surface area contributed by atoms with E-state index in [1.54, 1.807) is 0 Å². The van der Waals surface area contributed by atoms with Gasteiger partial charge in [0.1, 0.15) is 0 Å². The molecular weight excluding hydrogens is 216 g/mol. The quantitative estimate of drug-likeness (QED) is 0.653. The summed E-state index contributed by atoms with van der Waals surface area (Å²) in [6.45, 7) is 10.8. The van der Waals surface area contributed by atoms with Crippen LogP contribution in [0, 0.1) is 5.41 Å². The summed E-state index contributed by atoms with van der Waals surface area (Å²) in [6.07, 6.45) is 0. The monoisotopic (exact) mass is 236 g/mol. The van der Waals surface area contributed by atoms with Crippen LogP contribution < -0.4 is 0 Å². The van der Waals surface area contributed by atoms with Crippen molar-refractivity contribution in [1.82, 2.24) is 0 Å². The fourth-order valence-corrected chi connectivity index (χ4v) is 1.93. The lowest BCUT2D eigenvalue weighted by Gasteiger charge is -2.22. The van der Waals surface area contributed by atoms with Crippen LogP contribution in [0.25, 0.3) is 16.7 Å². The average molecular weight is 236 g/mol. The van der Waals surface area contributed by atoms with Gasteiger partial charge in [-0.15, -0.1) is 0 Å². The van der Waals surface area contributed by atoms with E-state index in [-0.39, 0.29) is 5.41 Å². The molecule has 0 radical (unpaired) electrons. The smallest absolute Gasteiger partial charge is 0.0132 e. The van der Waals surface area contributed by atoms with Gasteiger partial charge in [-0.25, -0.2) is 0 Å². The molecule has 0 aliphatic carbocycles. The third-order valence-corrected chi connectivity index (χ3v) is 3.25. The zero-order valence-electron chi connectivity index (χ0n) is 11.4. The second kappa shape index (κ2) is 4.81. The highest BCUT2D eigenvalue weighted by atomic mass is 14.2. The minimum atomic E-state index is 0.119. The van der Waals surface area contributed by atoms with Crippen molar-refractivity contribution in [2.75, 3.05) is 0 Å². The lowest BCUT2D eigenvalue weighted by molar-refractivity contribution is 0.568. The Bertz CT molecular complexity index is 525. The first-order chi connectivity index (χ1) is 8.48. The number of rotatable bonds is 2. The molecule has 0 spiro atoms. The summed E-state index contributed by atoms with van der Waals surface area (Å²) < 4.78 is 0. The van der Waals surface area contributed by atoms with Crippen molar-refractivity contribution in [2.45, 2.75) is 20.8 Å². The zero-order valence-corrected chi connectivity index (χ0v) is 11.4. The molecule has 0 N–H and O–H groups in total. The predicted molar refractivity (Wildman–Crippen MR) is 80.4 cm³/mol. The second-order valence-corrected chi connectivity index (χ2v) is 5.67. The molecule has 0 bridgehead atoms. The first-order valence-corrected chi connectivity index (χ1v) is 6.34. The van der Waals surface area contributed by atoms with Gasteiger partial charge in [0.05, 0.1) is 0 Å². The van der Waals surface area contributed by atoms with E-state index in [1.807, 2.05) is 6.07 Å². The van der Waals surface area contributed by atoms with Crippen LogP contribution in [0.5, 0.6) is 0 Å². The minimum absolute atomic E-state index is 0.119. The van der Waals surface area contributed by atoms with Crippen LogP contribution in [0.2, 0.25) is 0 Å². The second-order valence-electron chi connectivity index (χ2n) is 5.67. The Morgan fingerprint density at radius 3 is 1.78 bits per heavy atom. The van der Waals surface area contributed by atoms with E-state index in [0.717, 1.165) is 0 Å². The van der Waals surface area contributed by atoms with E-state index in [4.69, 9.17) is 0 Å². The summed E-state index contributed by atoms with van der Waals surface area (Å²) in [5.41, 5.74) is 5.03. The third kappa shape index (κ3) is 2.70. The fourth-order valence-electron chi connectivity index (χ4n) is 1.93. The molecule has 0 aliphatic rings. The molecule has 0 heteroatoms. The topological polar surface area (TPSA) is 0 Å². The van der Waals surface area contributed by atoms with Gasteiger partial charge in [0.15, 0.2) is 0 Å². The van der Waals surface area contributed by atoms with Gasteiger partial charge in [0.2, 0.25) is 0 Å². The maximum absolute atomic E-state index is 4.20. The van der Waals surface area contributed by atoms with Crippen molar-refractivity contribution >= 4 is 5.57 Å². The zero-order chi connectivity index (χ0) is 13.2. The van der Waals surface area contributed by atoms with Crippen molar-refractivity contribution in [2.24, 2.45) is 5.41 Å². The average Bonchev–Trinajstić information content (AvgIpc) is 2.38. The van der Waals surface area contributed by atoms with Crippen molar-refractivity contribution < 1.29 is 0 Å². The maximum atomic E-state index is 4.20. The molecule has 0 nitrogen and oxygen atoms in total. The van der Waals surface area contributed by atoms with Gasteiger partial charge in [0.25, 0.3) is 0 Å². The SMILES string of the molecule is C=C(c1ccc(-c2ccccc2)cc1)C(C)(C)C.